The Morgan fingerprint density at radius 2 is 2.33 bits per heavy atom. The van der Waals surface area contributed by atoms with Gasteiger partial charge in [0.05, 0.1) is 25.1 Å². The average molecular weight is 272 g/mol. The Morgan fingerprint density at radius 1 is 1.56 bits per heavy atom. The topological polar surface area (TPSA) is 59.9 Å². The second-order valence-electron chi connectivity index (χ2n) is 4.55. The molecule has 0 bridgehead atoms. The molecule has 0 unspecified atom stereocenters. The number of carbonyl (C=O) groups excluding carboxylic acids is 1. The fourth-order valence-electron chi connectivity index (χ4n) is 2.10. The second kappa shape index (κ2) is 6.43. The van der Waals surface area contributed by atoms with Crippen LogP contribution in [0.15, 0.2) is 4.99 Å². The molecule has 0 aliphatic carbocycles. The Hall–Kier alpha value is -0.750. The van der Waals surface area contributed by atoms with Gasteiger partial charge in [0.25, 0.3) is 0 Å². The van der Waals surface area contributed by atoms with Crippen molar-refractivity contribution < 1.29 is 14.3 Å². The van der Waals surface area contributed by atoms with Gasteiger partial charge in [0.2, 0.25) is 0 Å². The van der Waals surface area contributed by atoms with Crippen LogP contribution in [-0.2, 0) is 14.3 Å². The summed E-state index contributed by atoms with van der Waals surface area (Å²) >= 11 is 1.74. The van der Waals surface area contributed by atoms with Crippen molar-refractivity contribution in [3.8, 4) is 0 Å². The van der Waals surface area contributed by atoms with Crippen LogP contribution in [0.5, 0.6) is 0 Å². The van der Waals surface area contributed by atoms with E-state index in [1.54, 1.807) is 11.8 Å². The first kappa shape index (κ1) is 13.7. The molecule has 2 aliphatic heterocycles. The van der Waals surface area contributed by atoms with Gasteiger partial charge in [0.15, 0.2) is 5.17 Å². The van der Waals surface area contributed by atoms with Crippen molar-refractivity contribution in [2.75, 3.05) is 32.1 Å². The molecular formula is C12H20N2O3S. The first-order valence-corrected chi connectivity index (χ1v) is 7.41. The Morgan fingerprint density at radius 3 is 3.06 bits per heavy atom. The Balaban J connectivity index is 1.76. The second-order valence-corrected chi connectivity index (χ2v) is 5.51. The van der Waals surface area contributed by atoms with Gasteiger partial charge in [-0.15, -0.1) is 0 Å². The molecule has 0 aromatic heterocycles. The number of rotatable bonds is 4. The van der Waals surface area contributed by atoms with E-state index in [1.807, 2.05) is 6.92 Å². The molecule has 0 atom stereocenters. The van der Waals surface area contributed by atoms with Crippen LogP contribution in [0, 0.1) is 0 Å². The van der Waals surface area contributed by atoms with Crippen LogP contribution in [0.1, 0.15) is 26.2 Å². The number of aliphatic imine (C=N–C) groups is 1. The van der Waals surface area contributed by atoms with E-state index in [2.05, 4.69) is 10.3 Å². The van der Waals surface area contributed by atoms with E-state index in [0.717, 1.165) is 37.0 Å². The van der Waals surface area contributed by atoms with E-state index < -0.39 is 0 Å². The van der Waals surface area contributed by atoms with Crippen LogP contribution in [0.25, 0.3) is 0 Å². The summed E-state index contributed by atoms with van der Waals surface area (Å²) < 4.78 is 10.2. The Bertz CT molecular complexity index is 327. The molecule has 2 saturated heterocycles. The molecule has 0 saturated carbocycles. The number of hydrogen-bond donors (Lipinski definition) is 1. The van der Waals surface area contributed by atoms with E-state index in [-0.39, 0.29) is 11.5 Å². The lowest BCUT2D eigenvalue weighted by Crippen LogP contribution is -2.48. The highest BCUT2D eigenvalue weighted by molar-refractivity contribution is 8.14. The zero-order valence-electron chi connectivity index (χ0n) is 10.7. The molecule has 2 heterocycles. The van der Waals surface area contributed by atoms with Crippen molar-refractivity contribution >= 4 is 22.9 Å². The van der Waals surface area contributed by atoms with Crippen LogP contribution in [0.3, 0.4) is 0 Å². The lowest BCUT2D eigenvalue weighted by molar-refractivity contribution is -0.142. The first-order valence-electron chi connectivity index (χ1n) is 6.43. The van der Waals surface area contributed by atoms with E-state index in [9.17, 15) is 4.79 Å². The van der Waals surface area contributed by atoms with Crippen LogP contribution in [0.2, 0.25) is 0 Å². The lowest BCUT2D eigenvalue weighted by atomic mass is 9.93. The predicted octanol–water partition coefficient (Wildman–Crippen LogP) is 1.18. The standard InChI is InChI=1S/C12H20N2O3S/c1-2-17-10(15)3-6-13-11-14-12(9-18-11)4-7-16-8-5-12/h2-9H2,1H3,(H,13,14). The molecule has 1 N–H and O–H groups in total. The van der Waals surface area contributed by atoms with Crippen LogP contribution in [-0.4, -0.2) is 48.8 Å². The number of amidine groups is 1. The molecule has 0 aromatic rings. The molecule has 6 heteroatoms. The van der Waals surface area contributed by atoms with Crippen LogP contribution in [0.4, 0.5) is 0 Å². The maximum Gasteiger partial charge on any atom is 0.307 e. The predicted molar refractivity (Wildman–Crippen MR) is 71.9 cm³/mol. The van der Waals surface area contributed by atoms with Crippen molar-refractivity contribution in [2.24, 2.45) is 4.99 Å². The minimum atomic E-state index is -0.175. The summed E-state index contributed by atoms with van der Waals surface area (Å²) in [6.07, 6.45) is 2.43. The minimum Gasteiger partial charge on any atom is -0.466 e. The number of ether oxygens (including phenoxy) is 2. The fourth-order valence-corrected chi connectivity index (χ4v) is 3.35. The van der Waals surface area contributed by atoms with Gasteiger partial charge in [-0.3, -0.25) is 9.79 Å². The highest BCUT2D eigenvalue weighted by atomic mass is 32.2. The summed E-state index contributed by atoms with van der Waals surface area (Å²) in [6, 6.07) is 0. The van der Waals surface area contributed by atoms with E-state index in [1.165, 1.54) is 0 Å². The van der Waals surface area contributed by atoms with Gasteiger partial charge in [0, 0.05) is 19.0 Å². The summed E-state index contributed by atoms with van der Waals surface area (Å²) in [5, 5.41) is 4.45. The SMILES string of the molecule is CCOC(=O)CCN=C1NC2(CCOCC2)CS1. The number of carbonyl (C=O) groups is 1. The van der Waals surface area contributed by atoms with E-state index in [4.69, 9.17) is 9.47 Å². The van der Waals surface area contributed by atoms with Gasteiger partial charge >= 0.3 is 5.97 Å². The van der Waals surface area contributed by atoms with Gasteiger partial charge in [-0.05, 0) is 19.8 Å². The fraction of sp³-hybridized carbons (Fsp3) is 0.833. The van der Waals surface area contributed by atoms with E-state index >= 15 is 0 Å². The largest absolute Gasteiger partial charge is 0.466 e. The van der Waals surface area contributed by atoms with Crippen molar-refractivity contribution in [3.05, 3.63) is 0 Å². The molecule has 18 heavy (non-hydrogen) atoms. The summed E-state index contributed by atoms with van der Waals surface area (Å²) in [6.45, 7) is 4.40. The maximum absolute atomic E-state index is 11.2. The van der Waals surface area contributed by atoms with Crippen LogP contribution < -0.4 is 5.32 Å². The summed E-state index contributed by atoms with van der Waals surface area (Å²) in [5.74, 6) is 0.875. The third-order valence-electron chi connectivity index (χ3n) is 3.18. The highest BCUT2D eigenvalue weighted by Crippen LogP contribution is 2.31. The normalized spacial score (nSPS) is 24.2. The van der Waals surface area contributed by atoms with Crippen molar-refractivity contribution in [1.29, 1.82) is 0 Å². The molecule has 2 fully saturated rings. The minimum absolute atomic E-state index is 0.172. The van der Waals surface area contributed by atoms with Gasteiger partial charge in [-0.1, -0.05) is 11.8 Å². The lowest BCUT2D eigenvalue weighted by Gasteiger charge is -2.32. The first-order chi connectivity index (χ1) is 8.74. The molecule has 0 radical (unpaired) electrons. The number of esters is 1. The Labute approximate surface area is 112 Å². The smallest absolute Gasteiger partial charge is 0.307 e. The summed E-state index contributed by atoms with van der Waals surface area (Å²) in [4.78, 5) is 15.6. The zero-order valence-corrected chi connectivity index (χ0v) is 11.6. The van der Waals surface area contributed by atoms with E-state index in [0.29, 0.717) is 19.6 Å². The number of nitrogens with zero attached hydrogens (tertiary/aromatic N) is 1. The number of thioether (sulfide) groups is 1. The molecule has 1 spiro atoms. The molecule has 2 aliphatic rings. The van der Waals surface area contributed by atoms with Gasteiger partial charge in [-0.2, -0.15) is 0 Å². The van der Waals surface area contributed by atoms with Crippen LogP contribution >= 0.6 is 11.8 Å². The van der Waals surface area contributed by atoms with Crippen molar-refractivity contribution in [3.63, 3.8) is 0 Å². The van der Waals surface area contributed by atoms with Gasteiger partial charge in [-0.25, -0.2) is 0 Å². The zero-order chi connectivity index (χ0) is 12.8. The summed E-state index contributed by atoms with van der Waals surface area (Å²) in [5.41, 5.74) is 0.172. The number of nitrogens with one attached hydrogen (secondary N) is 1. The maximum atomic E-state index is 11.2. The van der Waals surface area contributed by atoms with Gasteiger partial charge < -0.3 is 14.8 Å². The third-order valence-corrected chi connectivity index (χ3v) is 4.39. The summed E-state index contributed by atoms with van der Waals surface area (Å²) in [7, 11) is 0. The van der Waals surface area contributed by atoms with Crippen molar-refractivity contribution in [2.45, 2.75) is 31.7 Å². The average Bonchev–Trinajstić information content (AvgIpc) is 2.74. The molecular weight excluding hydrogens is 252 g/mol. The molecule has 102 valence electrons. The van der Waals surface area contributed by atoms with Gasteiger partial charge in [0.1, 0.15) is 0 Å². The number of hydrogen-bond acceptors (Lipinski definition) is 5. The highest BCUT2D eigenvalue weighted by Gasteiger charge is 2.38. The molecule has 2 rings (SSSR count). The molecule has 5 nitrogen and oxygen atoms in total. The quantitative estimate of drug-likeness (QED) is 0.779. The Kier molecular flexibility index (Phi) is 4.88. The molecule has 0 aromatic carbocycles. The third kappa shape index (κ3) is 3.62. The van der Waals surface area contributed by atoms with Crippen molar-refractivity contribution in [1.82, 2.24) is 5.32 Å². The monoisotopic (exact) mass is 272 g/mol. The molecule has 0 amide bonds.